The van der Waals surface area contributed by atoms with Crippen LogP contribution < -0.4 is 17.0 Å². The minimum Gasteiger partial charge on any atom is -0.394 e. The maximum absolute atomic E-state index is 11.9. The van der Waals surface area contributed by atoms with Gasteiger partial charge in [0.2, 0.25) is 5.95 Å². The monoisotopic (exact) mass is 286 g/mol. The van der Waals surface area contributed by atoms with E-state index < -0.39 is 29.7 Å². The number of hydrogen-bond acceptors (Lipinski definition) is 7. The standard InChI is InChI=1S/C10H13N5O5/c11-9-13-7-6(8(18)14-9)12-10(19)15(7)5-1-3(17)4(2-16)20-5/h3-5,16-17H,1-2H2,(H,12,19)(H3,11,13,14,18)/t3-,4-,5-/m1/s1/i9+1,11+1,14+1. The Balaban J connectivity index is 2.15. The van der Waals surface area contributed by atoms with Crippen molar-refractivity contribution < 1.29 is 14.9 Å². The lowest BCUT2D eigenvalue weighted by molar-refractivity contribution is -0.0441. The Bertz CT molecular complexity index is 761. The van der Waals surface area contributed by atoms with Gasteiger partial charge in [0.25, 0.3) is 5.56 Å². The van der Waals surface area contributed by atoms with Crippen LogP contribution in [0.25, 0.3) is 11.2 Å². The van der Waals surface area contributed by atoms with Crippen molar-refractivity contribution in [2.45, 2.75) is 24.9 Å². The van der Waals surface area contributed by atoms with E-state index in [0.717, 1.165) is 4.57 Å². The van der Waals surface area contributed by atoms with Crippen molar-refractivity contribution in [2.75, 3.05) is 12.3 Å². The molecule has 0 bridgehead atoms. The van der Waals surface area contributed by atoms with E-state index in [1.165, 1.54) is 0 Å². The molecule has 1 fully saturated rings. The second-order valence-electron chi connectivity index (χ2n) is 4.56. The van der Waals surface area contributed by atoms with Gasteiger partial charge in [-0.1, -0.05) is 0 Å². The zero-order chi connectivity index (χ0) is 14.4. The second-order valence-corrected chi connectivity index (χ2v) is 4.56. The number of aliphatic hydroxyl groups is 2. The minimum absolute atomic E-state index is 0.0188. The summed E-state index contributed by atoms with van der Waals surface area (Å²) in [6.45, 7) is -0.370. The quantitative estimate of drug-likeness (QED) is 0.386. The lowest BCUT2D eigenvalue weighted by Gasteiger charge is -2.12. The molecule has 1 saturated heterocycles. The number of aromatic nitrogens is 4. The molecule has 0 saturated carbocycles. The third kappa shape index (κ3) is 1.81. The molecule has 3 atom stereocenters. The van der Waals surface area contributed by atoms with E-state index in [9.17, 15) is 14.7 Å². The molecule has 1 aliphatic rings. The number of imidazole rings is 1. The van der Waals surface area contributed by atoms with Crippen molar-refractivity contribution >= 4 is 17.1 Å². The molecule has 6 N–H and O–H groups in total. The van der Waals surface area contributed by atoms with Gasteiger partial charge >= 0.3 is 5.69 Å². The van der Waals surface area contributed by atoms with Crippen LogP contribution in [0.1, 0.15) is 12.6 Å². The molecule has 0 amide bonds. The highest BCUT2D eigenvalue weighted by molar-refractivity contribution is 5.70. The van der Waals surface area contributed by atoms with Crippen LogP contribution in [0.5, 0.6) is 0 Å². The number of fused-ring (bicyclic) bond motifs is 1. The molecule has 3 heterocycles. The van der Waals surface area contributed by atoms with Crippen LogP contribution in [0.4, 0.5) is 5.95 Å². The number of rotatable bonds is 2. The Morgan fingerprint density at radius 3 is 2.85 bits per heavy atom. The van der Waals surface area contributed by atoms with Crippen molar-refractivity contribution in [3.05, 3.63) is 20.8 Å². The predicted octanol–water partition coefficient (Wildman–Crippen LogP) is -2.36. The van der Waals surface area contributed by atoms with Crippen LogP contribution in [-0.4, -0.2) is 48.5 Å². The van der Waals surface area contributed by atoms with Crippen molar-refractivity contribution in [3.63, 3.8) is 0 Å². The van der Waals surface area contributed by atoms with Crippen LogP contribution in [0.3, 0.4) is 0 Å². The summed E-state index contributed by atoms with van der Waals surface area (Å²) < 4.78 is 6.50. The summed E-state index contributed by atoms with van der Waals surface area (Å²) in [5.74, 6) is -0.132. The summed E-state index contributed by atoms with van der Waals surface area (Å²) >= 11 is 0. The lowest BCUT2D eigenvalue weighted by Crippen LogP contribution is -2.25. The molecule has 0 aromatic carbocycles. The minimum atomic E-state index is -0.902. The first kappa shape index (κ1) is 12.8. The highest BCUT2D eigenvalue weighted by Gasteiger charge is 2.36. The molecule has 0 unspecified atom stereocenters. The number of ether oxygens (including phenoxy) is 1. The van der Waals surface area contributed by atoms with Crippen molar-refractivity contribution in [1.29, 1.82) is 0 Å². The topological polar surface area (TPSA) is 159 Å². The Morgan fingerprint density at radius 2 is 2.20 bits per heavy atom. The first-order valence-electron chi connectivity index (χ1n) is 5.95. The Labute approximate surface area is 110 Å². The van der Waals surface area contributed by atoms with E-state index in [2.05, 4.69) is 15.0 Å². The number of nitrogen functional groups attached to an aromatic ring is 1. The van der Waals surface area contributed by atoms with Crippen LogP contribution >= 0.6 is 0 Å². The predicted molar refractivity (Wildman–Crippen MR) is 67.0 cm³/mol. The highest BCUT2D eigenvalue weighted by Crippen LogP contribution is 2.28. The maximum Gasteiger partial charge on any atom is 0.329 e. The summed E-state index contributed by atoms with van der Waals surface area (Å²) in [7, 11) is 0. The number of aliphatic hydroxyl groups excluding tert-OH is 2. The van der Waals surface area contributed by atoms with Gasteiger partial charge in [0.15, 0.2) is 11.2 Å². The van der Waals surface area contributed by atoms with E-state index in [4.69, 9.17) is 15.6 Å². The van der Waals surface area contributed by atoms with Gasteiger partial charge in [-0.3, -0.25) is 14.8 Å². The summed E-state index contributed by atoms with van der Waals surface area (Å²) in [5, 5.41) is 18.8. The molecule has 3 rings (SSSR count). The summed E-state index contributed by atoms with van der Waals surface area (Å²) in [6, 6.07) is 0. The fourth-order valence-corrected chi connectivity index (χ4v) is 2.33. The summed E-state index contributed by atoms with van der Waals surface area (Å²) in [4.78, 5) is 32.2. The van der Waals surface area contributed by atoms with E-state index in [0.29, 0.717) is 0 Å². The smallest absolute Gasteiger partial charge is 0.329 e. The maximum atomic E-state index is 11.9. The molecule has 0 spiro atoms. The van der Waals surface area contributed by atoms with Gasteiger partial charge in [-0.2, -0.15) is 4.98 Å². The lowest BCUT2D eigenvalue weighted by atomic mass is 10.2. The number of hydrogen-bond donors (Lipinski definition) is 5. The normalized spacial score (nSPS) is 26.4. The molecule has 1 aliphatic heterocycles. The third-order valence-corrected chi connectivity index (χ3v) is 3.27. The molecule has 10 nitrogen and oxygen atoms in total. The van der Waals surface area contributed by atoms with Crippen LogP contribution in [-0.2, 0) is 4.74 Å². The molecule has 20 heavy (non-hydrogen) atoms. The van der Waals surface area contributed by atoms with Gasteiger partial charge < -0.3 is 20.7 Å². The third-order valence-electron chi connectivity index (χ3n) is 3.27. The number of H-pyrrole nitrogens is 2. The van der Waals surface area contributed by atoms with E-state index >= 15 is 0 Å². The number of nitrogens with one attached hydrogen (secondary N) is 2. The van der Waals surface area contributed by atoms with Crippen LogP contribution in [0.15, 0.2) is 9.59 Å². The van der Waals surface area contributed by atoms with Crippen LogP contribution in [0.2, 0.25) is 0 Å². The first-order valence-corrected chi connectivity index (χ1v) is 5.95. The average Bonchev–Trinajstić information content (AvgIpc) is 2.89. The largest absolute Gasteiger partial charge is 0.394 e. The van der Waals surface area contributed by atoms with Gasteiger partial charge in [0.05, 0.1) is 12.7 Å². The van der Waals surface area contributed by atoms with E-state index in [1.54, 1.807) is 0 Å². The molecule has 0 aliphatic carbocycles. The molecular weight excluding hydrogens is 273 g/mol. The molecule has 10 heteroatoms. The van der Waals surface area contributed by atoms with Gasteiger partial charge in [0.1, 0.15) is 12.3 Å². The highest BCUT2D eigenvalue weighted by atomic mass is 16.5. The first-order chi connectivity index (χ1) is 9.51. The number of nitrogens with two attached hydrogens (primary N) is 1. The van der Waals surface area contributed by atoms with E-state index in [-0.39, 0.29) is 30.1 Å². The number of anilines is 1. The second kappa shape index (κ2) is 4.44. The fourth-order valence-electron chi connectivity index (χ4n) is 2.33. The Kier molecular flexibility index (Phi) is 2.85. The number of nitrogens with zero attached hydrogens (tertiary/aromatic N) is 2. The molecule has 2 aromatic heterocycles. The molecular formula is C10H13N5O5. The molecule has 0 radical (unpaired) electrons. The average molecular weight is 286 g/mol. The van der Waals surface area contributed by atoms with Crippen molar-refractivity contribution in [2.24, 2.45) is 0 Å². The summed E-state index contributed by atoms with van der Waals surface area (Å²) in [5.41, 5.74) is 4.32. The molecule has 108 valence electrons. The number of aromatic amines is 2. The van der Waals surface area contributed by atoms with Gasteiger partial charge in [0, 0.05) is 6.42 Å². The fraction of sp³-hybridized carbons (Fsp3) is 0.500. The van der Waals surface area contributed by atoms with Gasteiger partial charge in [-0.25, -0.2) is 9.36 Å². The Hall–Kier alpha value is -2.17. The zero-order valence-electron chi connectivity index (χ0n) is 10.2. The van der Waals surface area contributed by atoms with Crippen molar-refractivity contribution in [1.82, 2.24) is 19.5 Å². The van der Waals surface area contributed by atoms with Crippen LogP contribution in [0, 0.1) is 0 Å². The zero-order valence-corrected chi connectivity index (χ0v) is 10.2. The SMILES string of the molecule is [15NH2][13c]1nc2c([nH]c(=O)n2[C@H]2C[C@@H](O)[C@@H](CO)O2)c(=O)[15nH]1. The van der Waals surface area contributed by atoms with Crippen molar-refractivity contribution in [3.8, 4) is 0 Å². The van der Waals surface area contributed by atoms with Gasteiger partial charge in [-0.15, -0.1) is 0 Å². The van der Waals surface area contributed by atoms with Gasteiger partial charge in [-0.05, 0) is 0 Å². The Morgan fingerprint density at radius 1 is 1.45 bits per heavy atom. The van der Waals surface area contributed by atoms with E-state index in [1.807, 2.05) is 0 Å². The summed E-state index contributed by atoms with van der Waals surface area (Å²) in [6.07, 6.45) is -2.40. The molecule has 2 aromatic rings.